The lowest BCUT2D eigenvalue weighted by atomic mass is 9.92. The van der Waals surface area contributed by atoms with Gasteiger partial charge in [-0.15, -0.1) is 0 Å². The Morgan fingerprint density at radius 2 is 1.43 bits per heavy atom. The third-order valence-corrected chi connectivity index (χ3v) is 2.87. The fourth-order valence-electron chi connectivity index (χ4n) is 2.01. The van der Waals surface area contributed by atoms with Gasteiger partial charge in [-0.05, 0) is 47.9 Å². The molecule has 0 heterocycles. The van der Waals surface area contributed by atoms with Crippen molar-refractivity contribution in [1.82, 2.24) is 0 Å². The van der Waals surface area contributed by atoms with Crippen LogP contribution in [0.25, 0.3) is 0 Å². The van der Waals surface area contributed by atoms with Crippen molar-refractivity contribution in [2.75, 3.05) is 0 Å². The van der Waals surface area contributed by atoms with Crippen LogP contribution in [0.3, 0.4) is 0 Å². The van der Waals surface area contributed by atoms with Crippen LogP contribution in [-0.4, -0.2) is 0 Å². The standard InChI is InChI=1S/C14H21/c1-5-11-9-12(6-2)14(8-4)13(7-3)10-11/h8-10H,5-7H2,1-4H3. The molecule has 0 heteroatoms. The molecule has 0 atom stereocenters. The van der Waals surface area contributed by atoms with Crippen molar-refractivity contribution < 1.29 is 0 Å². The van der Waals surface area contributed by atoms with Crippen molar-refractivity contribution in [3.05, 3.63) is 40.8 Å². The first-order valence-electron chi connectivity index (χ1n) is 5.70. The Kier molecular flexibility index (Phi) is 4.19. The largest absolute Gasteiger partial charge is 0.0613 e. The van der Waals surface area contributed by atoms with E-state index in [1.165, 1.54) is 22.3 Å². The van der Waals surface area contributed by atoms with Crippen LogP contribution >= 0.6 is 0 Å². The summed E-state index contributed by atoms with van der Waals surface area (Å²) in [5.41, 5.74) is 5.95. The number of benzene rings is 1. The highest BCUT2D eigenvalue weighted by molar-refractivity contribution is 5.43. The average molecular weight is 189 g/mol. The van der Waals surface area contributed by atoms with Gasteiger partial charge in [0.25, 0.3) is 0 Å². The van der Waals surface area contributed by atoms with Gasteiger partial charge in [-0.1, -0.05) is 39.8 Å². The molecule has 0 saturated carbocycles. The smallest absolute Gasteiger partial charge is 0.0118 e. The summed E-state index contributed by atoms with van der Waals surface area (Å²) in [5.74, 6) is 0. The van der Waals surface area contributed by atoms with Crippen LogP contribution in [0, 0.1) is 6.42 Å². The molecular formula is C14H21. The van der Waals surface area contributed by atoms with E-state index in [-0.39, 0.29) is 0 Å². The molecule has 0 nitrogen and oxygen atoms in total. The van der Waals surface area contributed by atoms with E-state index in [1.807, 2.05) is 0 Å². The van der Waals surface area contributed by atoms with E-state index in [4.69, 9.17) is 0 Å². The molecule has 1 rings (SSSR count). The van der Waals surface area contributed by atoms with E-state index in [2.05, 4.69) is 46.2 Å². The second-order valence-electron chi connectivity index (χ2n) is 3.68. The summed E-state index contributed by atoms with van der Waals surface area (Å²) in [6, 6.07) is 4.71. The molecule has 0 saturated heterocycles. The predicted molar refractivity (Wildman–Crippen MR) is 63.7 cm³/mol. The molecule has 0 amide bonds. The van der Waals surface area contributed by atoms with Crippen molar-refractivity contribution in [3.8, 4) is 0 Å². The molecule has 0 fully saturated rings. The molecule has 14 heavy (non-hydrogen) atoms. The highest BCUT2D eigenvalue weighted by atomic mass is 14.1. The van der Waals surface area contributed by atoms with Gasteiger partial charge in [0, 0.05) is 0 Å². The molecule has 0 spiro atoms. The number of hydrogen-bond acceptors (Lipinski definition) is 0. The molecule has 0 aliphatic carbocycles. The van der Waals surface area contributed by atoms with Crippen molar-refractivity contribution in [3.63, 3.8) is 0 Å². The lowest BCUT2D eigenvalue weighted by Gasteiger charge is -2.13. The number of hydrogen-bond donors (Lipinski definition) is 0. The molecule has 0 bridgehead atoms. The zero-order chi connectivity index (χ0) is 10.6. The van der Waals surface area contributed by atoms with Crippen LogP contribution in [0.4, 0.5) is 0 Å². The van der Waals surface area contributed by atoms with Gasteiger partial charge < -0.3 is 0 Å². The molecular weight excluding hydrogens is 168 g/mol. The van der Waals surface area contributed by atoms with Crippen LogP contribution in [0.15, 0.2) is 12.1 Å². The fraction of sp³-hybridized carbons (Fsp3) is 0.500. The van der Waals surface area contributed by atoms with Gasteiger partial charge in [0.1, 0.15) is 0 Å². The molecule has 0 aliphatic heterocycles. The van der Waals surface area contributed by atoms with Crippen molar-refractivity contribution in [2.45, 2.75) is 47.0 Å². The predicted octanol–water partition coefficient (Wildman–Crippen LogP) is 3.95. The van der Waals surface area contributed by atoms with E-state index in [0.29, 0.717) is 0 Å². The van der Waals surface area contributed by atoms with Crippen molar-refractivity contribution >= 4 is 0 Å². The molecule has 0 N–H and O–H groups in total. The quantitative estimate of drug-likeness (QED) is 0.673. The van der Waals surface area contributed by atoms with Crippen LogP contribution in [0.5, 0.6) is 0 Å². The Balaban J connectivity index is 3.24. The SMILES string of the molecule is C[CH]c1c(CC)cc(CC)cc1CC. The Bertz CT molecular complexity index is 272. The Labute approximate surface area is 88.4 Å². The molecule has 0 aliphatic rings. The third-order valence-electron chi connectivity index (χ3n) is 2.87. The Morgan fingerprint density at radius 3 is 1.71 bits per heavy atom. The summed E-state index contributed by atoms with van der Waals surface area (Å²) in [7, 11) is 0. The zero-order valence-electron chi connectivity index (χ0n) is 9.85. The molecule has 0 unspecified atom stereocenters. The van der Waals surface area contributed by atoms with Gasteiger partial charge in [-0.25, -0.2) is 0 Å². The van der Waals surface area contributed by atoms with E-state index < -0.39 is 0 Å². The summed E-state index contributed by atoms with van der Waals surface area (Å²) in [5, 5.41) is 0. The fourth-order valence-corrected chi connectivity index (χ4v) is 2.01. The van der Waals surface area contributed by atoms with E-state index >= 15 is 0 Å². The van der Waals surface area contributed by atoms with Gasteiger partial charge in [0.2, 0.25) is 0 Å². The Hall–Kier alpha value is -0.780. The maximum Gasteiger partial charge on any atom is -0.0118 e. The zero-order valence-corrected chi connectivity index (χ0v) is 9.85. The van der Waals surface area contributed by atoms with E-state index in [1.54, 1.807) is 0 Å². The van der Waals surface area contributed by atoms with Crippen LogP contribution in [0.2, 0.25) is 0 Å². The monoisotopic (exact) mass is 189 g/mol. The molecule has 77 valence electrons. The maximum absolute atomic E-state index is 2.36. The topological polar surface area (TPSA) is 0 Å². The van der Waals surface area contributed by atoms with E-state index in [0.717, 1.165) is 19.3 Å². The van der Waals surface area contributed by atoms with Gasteiger partial charge in [-0.2, -0.15) is 0 Å². The van der Waals surface area contributed by atoms with Gasteiger partial charge in [0.05, 0.1) is 0 Å². The first-order chi connectivity index (χ1) is 6.76. The van der Waals surface area contributed by atoms with Crippen molar-refractivity contribution in [2.24, 2.45) is 0 Å². The minimum Gasteiger partial charge on any atom is -0.0613 e. The van der Waals surface area contributed by atoms with E-state index in [9.17, 15) is 0 Å². The lowest BCUT2D eigenvalue weighted by molar-refractivity contribution is 1.02. The molecule has 1 radical (unpaired) electrons. The highest BCUT2D eigenvalue weighted by Crippen LogP contribution is 2.21. The summed E-state index contributed by atoms with van der Waals surface area (Å²) >= 11 is 0. The van der Waals surface area contributed by atoms with Crippen LogP contribution in [0.1, 0.15) is 49.9 Å². The van der Waals surface area contributed by atoms with Crippen LogP contribution in [-0.2, 0) is 19.3 Å². The van der Waals surface area contributed by atoms with Gasteiger partial charge >= 0.3 is 0 Å². The summed E-state index contributed by atoms with van der Waals surface area (Å²) in [4.78, 5) is 0. The first-order valence-corrected chi connectivity index (χ1v) is 5.70. The lowest BCUT2D eigenvalue weighted by Crippen LogP contribution is -1.98. The second-order valence-corrected chi connectivity index (χ2v) is 3.68. The third kappa shape index (κ3) is 2.17. The molecule has 1 aromatic rings. The van der Waals surface area contributed by atoms with Gasteiger partial charge in [0.15, 0.2) is 0 Å². The highest BCUT2D eigenvalue weighted by Gasteiger charge is 2.06. The Morgan fingerprint density at radius 1 is 0.929 bits per heavy atom. The van der Waals surface area contributed by atoms with Crippen LogP contribution < -0.4 is 0 Å². The molecule has 0 aromatic heterocycles. The minimum atomic E-state index is 1.14. The number of aryl methyl sites for hydroxylation is 3. The summed E-state index contributed by atoms with van der Waals surface area (Å²) < 4.78 is 0. The average Bonchev–Trinajstić information content (AvgIpc) is 2.26. The number of rotatable bonds is 4. The minimum absolute atomic E-state index is 1.14. The van der Waals surface area contributed by atoms with Gasteiger partial charge in [-0.3, -0.25) is 0 Å². The normalized spacial score (nSPS) is 10.6. The molecule has 1 aromatic carbocycles. The first kappa shape index (κ1) is 11.3. The summed E-state index contributed by atoms with van der Waals surface area (Å²) in [6.07, 6.45) is 5.67. The van der Waals surface area contributed by atoms with Crippen molar-refractivity contribution in [1.29, 1.82) is 0 Å². The maximum atomic E-state index is 2.36. The summed E-state index contributed by atoms with van der Waals surface area (Å²) in [6.45, 7) is 8.84. The second kappa shape index (κ2) is 5.19.